The second-order valence-electron chi connectivity index (χ2n) is 27.7. The molecule has 2 N–H and O–H groups in total. The van der Waals surface area contributed by atoms with Crippen LogP contribution in [-0.2, 0) is 15.8 Å². The molecule has 532 valence electrons. The first kappa shape index (κ1) is 74.6. The zero-order chi connectivity index (χ0) is 70.0. The molecule has 0 fully saturated rings. The topological polar surface area (TPSA) is 146 Å². The minimum atomic E-state index is -0.868. The molecule has 12 nitrogen and oxygen atoms in total. The van der Waals surface area contributed by atoms with Gasteiger partial charge in [0.15, 0.2) is 23.3 Å². The number of H-pyrrole nitrogens is 2. The van der Waals surface area contributed by atoms with Crippen LogP contribution >= 0.6 is 0 Å². The molecule has 3 aromatic heterocycles. The minimum absolute atomic E-state index is 0.526. The monoisotopic (exact) mass is 1470 g/mol. The van der Waals surface area contributed by atoms with Gasteiger partial charge < -0.3 is 9.97 Å². The van der Waals surface area contributed by atoms with Crippen LogP contribution in [0.25, 0.3) is 89.7 Å². The van der Waals surface area contributed by atoms with E-state index in [-0.39, 0.29) is 0 Å². The summed E-state index contributed by atoms with van der Waals surface area (Å²) < 4.78 is 23.1. The molecule has 0 saturated heterocycles. The molecule has 0 unspecified atom stereocenters. The van der Waals surface area contributed by atoms with Crippen molar-refractivity contribution in [1.82, 2.24) is 39.9 Å². The Bertz CT molecular complexity index is 3960. The summed E-state index contributed by atoms with van der Waals surface area (Å²) in [5.41, 5.74) is 12.3. The molecule has 0 aliphatic carbocycles. The van der Waals surface area contributed by atoms with Crippen molar-refractivity contribution in [3.05, 3.63) is 241 Å². The summed E-state index contributed by atoms with van der Waals surface area (Å²) in [4.78, 5) is 36.8. The van der Waals surface area contributed by atoms with E-state index in [9.17, 15) is 0 Å². The van der Waals surface area contributed by atoms with E-state index >= 15 is 0 Å². The molecule has 103 heavy (non-hydrogen) atoms. The molecular formula is C88H104GeN8O4Si2. The van der Waals surface area contributed by atoms with Gasteiger partial charge in [-0.1, -0.05) is 283 Å². The molecule has 0 saturated carbocycles. The summed E-state index contributed by atoms with van der Waals surface area (Å²) in [7, 11) is -1.74. The third-order valence-corrected chi connectivity index (χ3v) is 24.6. The van der Waals surface area contributed by atoms with E-state index in [2.05, 4.69) is 131 Å². The Labute approximate surface area is 622 Å². The van der Waals surface area contributed by atoms with Crippen molar-refractivity contribution in [2.75, 3.05) is 13.2 Å². The molecule has 15 heteroatoms. The number of hydrogen-bond donors (Lipinski definition) is 2. The number of benzene rings is 8. The van der Waals surface area contributed by atoms with E-state index in [0.717, 1.165) is 57.0 Å². The van der Waals surface area contributed by atoms with Gasteiger partial charge in [-0.3, -0.25) is 0 Å². The number of unbranched alkanes of at least 4 members (excludes halogenated alkanes) is 24. The maximum atomic E-state index is 5.80. The van der Waals surface area contributed by atoms with Crippen LogP contribution in [0.4, 0.5) is 0 Å². The molecule has 2 aliphatic rings. The van der Waals surface area contributed by atoms with Crippen LogP contribution in [0.15, 0.2) is 218 Å². The SMILES string of the molecule is c1ccc(C(CCCCCCCCCCCCCCCO[SiH2][O][Ge][O][SiH2]OCCCCCCCCCCCCCCCC(c2ccccc2)c2ccccc2)c2ccccc2)cc1.c1ccc2c(c1)-c1nc-2nc2[nH]c(nc3nc(nc4[nH]c(n1)c1ccccc41)-c1ccccc1-3)c1ccccc21. The Morgan fingerprint density at radius 1 is 0.252 bits per heavy atom. The van der Waals surface area contributed by atoms with Crippen LogP contribution in [0, 0.1) is 0 Å². The van der Waals surface area contributed by atoms with E-state index in [0.29, 0.717) is 57.7 Å². The van der Waals surface area contributed by atoms with E-state index in [1.54, 1.807) is 0 Å². The van der Waals surface area contributed by atoms with Crippen LogP contribution in [0.3, 0.4) is 0 Å². The molecule has 0 atom stereocenters. The molecule has 11 aromatic rings. The van der Waals surface area contributed by atoms with Gasteiger partial charge in [0.25, 0.3) is 0 Å². The normalized spacial score (nSPS) is 12.0. The summed E-state index contributed by atoms with van der Waals surface area (Å²) in [5, 5.41) is 3.82. The number of nitrogens with zero attached hydrogens (tertiary/aromatic N) is 6. The number of aromatic nitrogens is 8. The number of aromatic amines is 2. The van der Waals surface area contributed by atoms with Gasteiger partial charge in [-0.05, 0) is 35.1 Å². The Morgan fingerprint density at radius 2 is 0.476 bits per heavy atom. The fourth-order valence-corrected chi connectivity index (χ4v) is 19.1. The second kappa shape index (κ2) is 42.0. The van der Waals surface area contributed by atoms with Crippen LogP contribution < -0.4 is 0 Å². The average molecular weight is 1470 g/mol. The number of rotatable bonds is 42. The van der Waals surface area contributed by atoms with Crippen LogP contribution in [0.2, 0.25) is 0 Å². The summed E-state index contributed by atoms with van der Waals surface area (Å²) in [6.45, 7) is 1.72. The zero-order valence-corrected chi connectivity index (χ0v) is 65.3. The quantitative estimate of drug-likeness (QED) is 0.0280. The fourth-order valence-electron chi connectivity index (χ4n) is 14.7. The number of nitrogens with one attached hydrogen (secondary N) is 2. The van der Waals surface area contributed by atoms with Gasteiger partial charge >= 0.3 is 168 Å². The van der Waals surface area contributed by atoms with Gasteiger partial charge in [0.1, 0.15) is 22.6 Å². The molecular weight excluding hydrogens is 1360 g/mol. The first-order valence-electron chi connectivity index (χ1n) is 38.7. The third-order valence-electron chi connectivity index (χ3n) is 20.2. The van der Waals surface area contributed by atoms with E-state index in [4.69, 9.17) is 45.7 Å². The van der Waals surface area contributed by atoms with Crippen LogP contribution in [-0.4, -0.2) is 89.2 Å². The van der Waals surface area contributed by atoms with Crippen molar-refractivity contribution in [1.29, 1.82) is 0 Å². The standard InChI is InChI=1S/C56H86GeO4Si2.C32H18N8/c1(3-7-11-15-19-35-47-55(51-39-27-23-28-40-51)52-41-29-24-30-42-52)5-9-13-17-21-37-49-58-62-60-57-61-63-59-50-38-22-18-14-10-6-2-4-8-12-16-20-36-48-56(53-43-31-25-32-44-53)54-45-33-26-34-46-54;1-2-10-18-17(9-1)25-33-26(18)38-28-21-13-5-6-14-22(21)30(35-28)40-32-24-16-8-7-15-23(24)31(36-32)39-29-20-12-4-3-11-19(20)27(34-29)37-25/h23-34,39-46,55-56H,1-22,35-38,47-50,62-63H2;1-16H,(H2,33,34,35,36,37,38,39,40). The van der Waals surface area contributed by atoms with Crippen LogP contribution in [0.5, 0.6) is 0 Å². The Kier molecular flexibility index (Phi) is 30.5. The van der Waals surface area contributed by atoms with Crippen molar-refractivity contribution in [2.45, 2.75) is 192 Å². The van der Waals surface area contributed by atoms with E-state index in [1.165, 1.54) is 202 Å². The summed E-state index contributed by atoms with van der Waals surface area (Å²) in [5.74, 6) is 3.44. The van der Waals surface area contributed by atoms with Gasteiger partial charge in [-0.2, -0.15) is 0 Å². The molecule has 0 spiro atoms. The molecule has 8 bridgehead atoms. The van der Waals surface area contributed by atoms with Crippen molar-refractivity contribution in [2.24, 2.45) is 0 Å². The first-order valence-corrected chi connectivity index (χ1v) is 42.8. The average Bonchev–Trinajstić information content (AvgIpc) is 1.61. The molecule has 2 radical (unpaired) electrons. The minimum Gasteiger partial charge on any atom is -0.324 e. The Hall–Kier alpha value is -8.06. The van der Waals surface area contributed by atoms with Gasteiger partial charge in [-0.25, -0.2) is 29.9 Å². The van der Waals surface area contributed by atoms with Gasteiger partial charge in [0.05, 0.1) is 0 Å². The van der Waals surface area contributed by atoms with Gasteiger partial charge in [0, 0.05) is 55.6 Å². The summed E-state index contributed by atoms with van der Waals surface area (Å²) >= 11 is -0.767. The molecule has 13 rings (SSSR count). The number of hydrogen-bond acceptors (Lipinski definition) is 10. The Balaban J connectivity index is 0.000000212. The molecule has 2 aliphatic heterocycles. The summed E-state index contributed by atoms with van der Waals surface area (Å²) in [6.07, 6.45) is 37.8. The van der Waals surface area contributed by atoms with E-state index < -0.39 is 36.1 Å². The molecule has 5 heterocycles. The number of fused-ring (bicyclic) bond motifs is 20. The molecule has 0 amide bonds. The predicted molar refractivity (Wildman–Crippen MR) is 432 cm³/mol. The van der Waals surface area contributed by atoms with Crippen molar-refractivity contribution in [3.63, 3.8) is 0 Å². The summed E-state index contributed by atoms with van der Waals surface area (Å²) in [6, 6.07) is 76.5. The van der Waals surface area contributed by atoms with Crippen molar-refractivity contribution in [3.8, 4) is 45.6 Å². The first-order chi connectivity index (χ1) is 51.2. The fraction of sp³-hybridized carbons (Fsp3) is 0.364. The molecule has 8 aromatic carbocycles. The van der Waals surface area contributed by atoms with Gasteiger partial charge in [0.2, 0.25) is 0 Å². The third kappa shape index (κ3) is 22.5. The predicted octanol–water partition coefficient (Wildman–Crippen LogP) is 22.0. The maximum absolute atomic E-state index is 5.80. The zero-order valence-electron chi connectivity index (χ0n) is 60.4. The Morgan fingerprint density at radius 3 is 0.738 bits per heavy atom. The smallest absolute Gasteiger partial charge is 0.324 e. The second-order valence-corrected chi connectivity index (χ2v) is 33.6. The van der Waals surface area contributed by atoms with Crippen molar-refractivity contribution >= 4 is 80.3 Å². The van der Waals surface area contributed by atoms with Crippen LogP contribution in [0.1, 0.15) is 214 Å². The van der Waals surface area contributed by atoms with Crippen molar-refractivity contribution < 1.29 is 15.8 Å². The van der Waals surface area contributed by atoms with Gasteiger partial charge in [-0.15, -0.1) is 0 Å². The van der Waals surface area contributed by atoms with E-state index in [1.807, 2.05) is 97.1 Å².